The maximum Gasteiger partial charge on any atom is 0.186 e. The minimum absolute atomic E-state index is 0.465. The maximum atomic E-state index is 6.03. The maximum absolute atomic E-state index is 6.03. The molecule has 0 aliphatic carbocycles. The lowest BCUT2D eigenvalue weighted by atomic mass is 10.1. The van der Waals surface area contributed by atoms with Gasteiger partial charge in [-0.1, -0.05) is 29.8 Å². The molecule has 0 aromatic heterocycles. The van der Waals surface area contributed by atoms with E-state index < -0.39 is 0 Å². The van der Waals surface area contributed by atoms with E-state index >= 15 is 0 Å². The molecule has 0 radical (unpaired) electrons. The van der Waals surface area contributed by atoms with Crippen LogP contribution in [0.4, 0.5) is 0 Å². The first-order chi connectivity index (χ1) is 13.0. The van der Waals surface area contributed by atoms with Crippen molar-refractivity contribution < 1.29 is 9.47 Å². The first-order valence-corrected chi connectivity index (χ1v) is 9.95. The van der Waals surface area contributed by atoms with Crippen LogP contribution in [0.25, 0.3) is 0 Å². The van der Waals surface area contributed by atoms with Gasteiger partial charge in [-0.25, -0.2) is 0 Å². The van der Waals surface area contributed by atoms with Crippen molar-refractivity contribution in [1.82, 2.24) is 10.7 Å². The van der Waals surface area contributed by atoms with Crippen molar-refractivity contribution in [3.63, 3.8) is 0 Å². The SMILES string of the molecule is CCNC(=S)NN=Cc1cc(Br)c(OCc2cccc(C)c2)c(OCC)c1. The van der Waals surface area contributed by atoms with E-state index in [1.807, 2.05) is 38.1 Å². The first kappa shape index (κ1) is 21.2. The summed E-state index contributed by atoms with van der Waals surface area (Å²) in [7, 11) is 0. The van der Waals surface area contributed by atoms with Gasteiger partial charge < -0.3 is 14.8 Å². The summed E-state index contributed by atoms with van der Waals surface area (Å²) in [6.45, 7) is 7.72. The molecule has 2 aromatic rings. The van der Waals surface area contributed by atoms with Gasteiger partial charge in [-0.3, -0.25) is 5.43 Å². The lowest BCUT2D eigenvalue weighted by Crippen LogP contribution is -2.31. The highest BCUT2D eigenvalue weighted by Crippen LogP contribution is 2.37. The highest BCUT2D eigenvalue weighted by atomic mass is 79.9. The summed E-state index contributed by atoms with van der Waals surface area (Å²) in [5, 5.41) is 7.59. The molecule has 0 amide bonds. The Morgan fingerprint density at radius 1 is 1.22 bits per heavy atom. The molecular formula is C20H24BrN3O2S. The normalized spacial score (nSPS) is 10.7. The molecule has 0 unspecified atom stereocenters. The van der Waals surface area contributed by atoms with Gasteiger partial charge in [0.2, 0.25) is 0 Å². The highest BCUT2D eigenvalue weighted by molar-refractivity contribution is 9.10. The molecule has 144 valence electrons. The molecule has 2 N–H and O–H groups in total. The molecule has 0 bridgehead atoms. The van der Waals surface area contributed by atoms with Crippen molar-refractivity contribution in [2.24, 2.45) is 5.10 Å². The number of thiocarbonyl (C=S) groups is 1. The second kappa shape index (κ2) is 10.9. The number of nitrogens with one attached hydrogen (secondary N) is 2. The quantitative estimate of drug-likeness (QED) is 0.351. The zero-order valence-electron chi connectivity index (χ0n) is 15.7. The van der Waals surface area contributed by atoms with Crippen LogP contribution in [0.1, 0.15) is 30.5 Å². The zero-order chi connectivity index (χ0) is 19.6. The minimum atomic E-state index is 0.465. The number of nitrogens with zero attached hydrogens (tertiary/aromatic N) is 1. The molecule has 2 rings (SSSR count). The highest BCUT2D eigenvalue weighted by Gasteiger charge is 2.12. The number of hydrogen-bond donors (Lipinski definition) is 2. The van der Waals surface area contributed by atoms with Gasteiger partial charge in [-0.05, 0) is 72.2 Å². The van der Waals surface area contributed by atoms with E-state index in [-0.39, 0.29) is 0 Å². The molecule has 0 atom stereocenters. The van der Waals surface area contributed by atoms with Crippen LogP contribution in [0.15, 0.2) is 46.0 Å². The van der Waals surface area contributed by atoms with E-state index in [1.54, 1.807) is 6.21 Å². The van der Waals surface area contributed by atoms with Crippen molar-refractivity contribution in [3.05, 3.63) is 57.6 Å². The predicted molar refractivity (Wildman–Crippen MR) is 118 cm³/mol. The number of ether oxygens (including phenoxy) is 2. The Bertz CT molecular complexity index is 812. The van der Waals surface area contributed by atoms with Crippen LogP contribution in [0.5, 0.6) is 11.5 Å². The van der Waals surface area contributed by atoms with E-state index in [0.29, 0.717) is 29.8 Å². The second-order valence-corrected chi connectivity index (χ2v) is 7.03. The fourth-order valence-corrected chi connectivity index (χ4v) is 3.16. The fourth-order valence-electron chi connectivity index (χ4n) is 2.39. The van der Waals surface area contributed by atoms with Gasteiger partial charge in [0, 0.05) is 6.54 Å². The van der Waals surface area contributed by atoms with Crippen molar-refractivity contribution in [1.29, 1.82) is 0 Å². The molecule has 5 nitrogen and oxygen atoms in total. The van der Waals surface area contributed by atoms with Crippen LogP contribution >= 0.6 is 28.1 Å². The first-order valence-electron chi connectivity index (χ1n) is 8.75. The predicted octanol–water partition coefficient (Wildman–Crippen LogP) is 4.55. The third kappa shape index (κ3) is 6.84. The standard InChI is InChI=1S/C20H24BrN3O2S/c1-4-22-20(27)24-23-12-16-10-17(21)19(18(11-16)25-5-2)26-13-15-8-6-7-14(3)9-15/h6-12H,4-5,13H2,1-3H3,(H2,22,24,27). The van der Waals surface area contributed by atoms with Crippen molar-refractivity contribution in [3.8, 4) is 11.5 Å². The van der Waals surface area contributed by atoms with Crippen LogP contribution < -0.4 is 20.2 Å². The Labute approximate surface area is 174 Å². The van der Waals surface area contributed by atoms with E-state index in [4.69, 9.17) is 21.7 Å². The molecule has 0 spiro atoms. The minimum Gasteiger partial charge on any atom is -0.490 e. The Morgan fingerprint density at radius 2 is 2.04 bits per heavy atom. The number of rotatable bonds is 8. The van der Waals surface area contributed by atoms with Gasteiger partial charge in [0.05, 0.1) is 17.3 Å². The Balaban J connectivity index is 2.15. The topological polar surface area (TPSA) is 54.9 Å². The number of benzene rings is 2. The largest absolute Gasteiger partial charge is 0.490 e. The number of hydrogen-bond acceptors (Lipinski definition) is 4. The zero-order valence-corrected chi connectivity index (χ0v) is 18.1. The summed E-state index contributed by atoms with van der Waals surface area (Å²) in [6.07, 6.45) is 1.68. The van der Waals surface area contributed by atoms with E-state index in [9.17, 15) is 0 Å². The van der Waals surface area contributed by atoms with E-state index in [0.717, 1.165) is 22.1 Å². The number of hydrazone groups is 1. The summed E-state index contributed by atoms with van der Waals surface area (Å²) >= 11 is 8.66. The second-order valence-electron chi connectivity index (χ2n) is 5.77. The van der Waals surface area contributed by atoms with Crippen LogP contribution in [0.3, 0.4) is 0 Å². The van der Waals surface area contributed by atoms with Crippen LogP contribution in [0, 0.1) is 6.92 Å². The summed E-state index contributed by atoms with van der Waals surface area (Å²) < 4.78 is 12.6. The van der Waals surface area contributed by atoms with Gasteiger partial charge in [0.25, 0.3) is 0 Å². The van der Waals surface area contributed by atoms with Crippen molar-refractivity contribution in [2.45, 2.75) is 27.4 Å². The average Bonchev–Trinajstić information content (AvgIpc) is 2.61. The molecule has 7 heteroatoms. The van der Waals surface area contributed by atoms with Crippen LogP contribution in [0.2, 0.25) is 0 Å². The van der Waals surface area contributed by atoms with Gasteiger partial charge in [-0.2, -0.15) is 5.10 Å². The third-order valence-corrected chi connectivity index (χ3v) is 4.34. The Hall–Kier alpha value is -2.12. The van der Waals surface area contributed by atoms with Gasteiger partial charge in [-0.15, -0.1) is 0 Å². The molecular weight excluding hydrogens is 426 g/mol. The number of halogens is 1. The number of aryl methyl sites for hydroxylation is 1. The molecule has 0 heterocycles. The average molecular weight is 450 g/mol. The van der Waals surface area contributed by atoms with E-state index in [1.165, 1.54) is 5.56 Å². The lowest BCUT2D eigenvalue weighted by molar-refractivity contribution is 0.267. The molecule has 2 aromatic carbocycles. The molecule has 0 aliphatic rings. The third-order valence-electron chi connectivity index (χ3n) is 3.51. The van der Waals surface area contributed by atoms with Crippen LogP contribution in [-0.4, -0.2) is 24.5 Å². The van der Waals surface area contributed by atoms with Crippen LogP contribution in [-0.2, 0) is 6.61 Å². The van der Waals surface area contributed by atoms with E-state index in [2.05, 4.69) is 50.8 Å². The molecule has 0 saturated heterocycles. The molecule has 27 heavy (non-hydrogen) atoms. The fraction of sp³-hybridized carbons (Fsp3) is 0.300. The van der Waals surface area contributed by atoms with Gasteiger partial charge >= 0.3 is 0 Å². The molecule has 0 fully saturated rings. The lowest BCUT2D eigenvalue weighted by Gasteiger charge is -2.15. The van der Waals surface area contributed by atoms with Crippen molar-refractivity contribution >= 4 is 39.5 Å². The summed E-state index contributed by atoms with van der Waals surface area (Å²) in [5.74, 6) is 1.34. The Kier molecular flexibility index (Phi) is 8.54. The molecule has 0 saturated carbocycles. The van der Waals surface area contributed by atoms with Gasteiger partial charge in [0.1, 0.15) is 6.61 Å². The summed E-state index contributed by atoms with van der Waals surface area (Å²) in [4.78, 5) is 0. The Morgan fingerprint density at radius 3 is 2.74 bits per heavy atom. The van der Waals surface area contributed by atoms with Gasteiger partial charge in [0.15, 0.2) is 16.6 Å². The summed E-state index contributed by atoms with van der Waals surface area (Å²) in [5.41, 5.74) is 5.94. The smallest absolute Gasteiger partial charge is 0.186 e. The van der Waals surface area contributed by atoms with Crippen molar-refractivity contribution in [2.75, 3.05) is 13.2 Å². The molecule has 0 aliphatic heterocycles. The summed E-state index contributed by atoms with van der Waals surface area (Å²) in [6, 6.07) is 12.1. The monoisotopic (exact) mass is 449 g/mol.